The van der Waals surface area contributed by atoms with Gasteiger partial charge in [-0.2, -0.15) is 0 Å². The number of carbonyl (C=O) groups is 1. The van der Waals surface area contributed by atoms with Crippen LogP contribution < -0.4 is 5.56 Å². The SMILES string of the molecule is CC(C)N1CCC(c2cc(=O)n3[nH]c([C@H]4CCCN4C(=O)C4CCCC4)cc3n2)CC1. The van der Waals surface area contributed by atoms with Crippen molar-refractivity contribution < 1.29 is 4.79 Å². The maximum atomic E-state index is 13.1. The fraction of sp³-hybridized carbons (Fsp3) is 0.708. The first-order chi connectivity index (χ1) is 15.0. The van der Waals surface area contributed by atoms with Crippen molar-refractivity contribution in [3.8, 4) is 0 Å². The van der Waals surface area contributed by atoms with Gasteiger partial charge in [0.2, 0.25) is 5.91 Å². The van der Waals surface area contributed by atoms with E-state index in [1.54, 1.807) is 10.6 Å². The molecule has 7 nitrogen and oxygen atoms in total. The lowest BCUT2D eigenvalue weighted by atomic mass is 9.92. The Hall–Kier alpha value is -2.15. The van der Waals surface area contributed by atoms with Gasteiger partial charge >= 0.3 is 0 Å². The van der Waals surface area contributed by atoms with Gasteiger partial charge in [-0.05, 0) is 65.5 Å². The average molecular weight is 426 g/mol. The molecule has 0 spiro atoms. The molecule has 1 amide bonds. The van der Waals surface area contributed by atoms with Crippen LogP contribution in [-0.2, 0) is 4.79 Å². The number of carbonyl (C=O) groups excluding carboxylic acids is 1. The van der Waals surface area contributed by atoms with Crippen LogP contribution in [0.15, 0.2) is 16.9 Å². The summed E-state index contributed by atoms with van der Waals surface area (Å²) in [7, 11) is 0. The van der Waals surface area contributed by atoms with E-state index in [9.17, 15) is 9.59 Å². The molecular weight excluding hydrogens is 390 g/mol. The van der Waals surface area contributed by atoms with Crippen molar-refractivity contribution in [1.82, 2.24) is 24.4 Å². The molecule has 4 heterocycles. The van der Waals surface area contributed by atoms with Crippen molar-refractivity contribution >= 4 is 11.6 Å². The quantitative estimate of drug-likeness (QED) is 0.814. The van der Waals surface area contributed by atoms with Crippen molar-refractivity contribution in [3.05, 3.63) is 33.9 Å². The Morgan fingerprint density at radius 3 is 2.48 bits per heavy atom. The van der Waals surface area contributed by atoms with E-state index >= 15 is 0 Å². The van der Waals surface area contributed by atoms with Crippen molar-refractivity contribution in [3.63, 3.8) is 0 Å². The number of hydrogen-bond donors (Lipinski definition) is 1. The van der Waals surface area contributed by atoms with Gasteiger partial charge in [-0.25, -0.2) is 9.50 Å². The second kappa shape index (κ2) is 8.41. The minimum absolute atomic E-state index is 0.0342. The van der Waals surface area contributed by atoms with Crippen LogP contribution in [-0.4, -0.2) is 56.0 Å². The molecule has 3 fully saturated rings. The molecular formula is C24H35N5O2. The summed E-state index contributed by atoms with van der Waals surface area (Å²) in [5.41, 5.74) is 2.50. The smallest absolute Gasteiger partial charge is 0.272 e. The molecule has 2 aromatic rings. The van der Waals surface area contributed by atoms with Gasteiger partial charge in [0.25, 0.3) is 5.56 Å². The zero-order chi connectivity index (χ0) is 21.5. The number of nitrogens with one attached hydrogen (secondary N) is 1. The van der Waals surface area contributed by atoms with E-state index in [0.717, 1.165) is 69.5 Å². The molecule has 1 atom stereocenters. The minimum Gasteiger partial charge on any atom is -0.334 e. The van der Waals surface area contributed by atoms with Crippen molar-refractivity contribution in [2.75, 3.05) is 19.6 Å². The Morgan fingerprint density at radius 2 is 1.77 bits per heavy atom. The Balaban J connectivity index is 1.38. The molecule has 1 N–H and O–H groups in total. The topological polar surface area (TPSA) is 73.7 Å². The standard InChI is InChI=1S/C24H35N5O2/c1-16(2)27-12-9-17(10-13-27)19-15-23(30)29-22(25-19)14-20(26-29)21-8-5-11-28(21)24(31)18-6-3-4-7-18/h14-18,21,26H,3-13H2,1-2H3/t21-/m1/s1. The Morgan fingerprint density at radius 1 is 1.03 bits per heavy atom. The molecule has 0 aromatic carbocycles. The summed E-state index contributed by atoms with van der Waals surface area (Å²) in [5, 5.41) is 3.27. The number of nitrogens with zero attached hydrogens (tertiary/aromatic N) is 4. The normalized spacial score (nSPS) is 24.1. The summed E-state index contributed by atoms with van der Waals surface area (Å²) in [4.78, 5) is 35.4. The van der Waals surface area contributed by atoms with E-state index in [1.807, 2.05) is 11.0 Å². The van der Waals surface area contributed by atoms with Crippen LogP contribution in [0.5, 0.6) is 0 Å². The van der Waals surface area contributed by atoms with E-state index < -0.39 is 0 Å². The molecule has 3 aliphatic rings. The lowest BCUT2D eigenvalue weighted by Crippen LogP contribution is -2.38. The van der Waals surface area contributed by atoms with Crippen LogP contribution in [0.4, 0.5) is 0 Å². The van der Waals surface area contributed by atoms with Crippen molar-refractivity contribution in [2.24, 2.45) is 5.92 Å². The van der Waals surface area contributed by atoms with Gasteiger partial charge in [-0.15, -0.1) is 0 Å². The molecule has 7 heteroatoms. The van der Waals surface area contributed by atoms with Gasteiger partial charge in [0, 0.05) is 36.6 Å². The highest BCUT2D eigenvalue weighted by Crippen LogP contribution is 2.36. The van der Waals surface area contributed by atoms with E-state index in [0.29, 0.717) is 23.5 Å². The predicted octanol–water partition coefficient (Wildman–Crippen LogP) is 3.46. The second-order valence-corrected chi connectivity index (χ2v) is 10.00. The molecule has 1 aliphatic carbocycles. The summed E-state index contributed by atoms with van der Waals surface area (Å²) in [6.07, 6.45) is 8.43. The fourth-order valence-electron chi connectivity index (χ4n) is 5.88. The molecule has 31 heavy (non-hydrogen) atoms. The van der Waals surface area contributed by atoms with Crippen LogP contribution in [0, 0.1) is 5.92 Å². The molecule has 0 radical (unpaired) electrons. The van der Waals surface area contributed by atoms with Gasteiger partial charge < -0.3 is 9.80 Å². The van der Waals surface area contributed by atoms with Crippen LogP contribution in [0.3, 0.4) is 0 Å². The summed E-state index contributed by atoms with van der Waals surface area (Å²) in [6.45, 7) is 7.41. The molecule has 168 valence electrons. The summed E-state index contributed by atoms with van der Waals surface area (Å²) < 4.78 is 1.55. The molecule has 0 bridgehead atoms. The lowest BCUT2D eigenvalue weighted by Gasteiger charge is -2.34. The van der Waals surface area contributed by atoms with E-state index in [-0.39, 0.29) is 17.5 Å². The number of hydrogen-bond acceptors (Lipinski definition) is 4. The van der Waals surface area contributed by atoms with Gasteiger partial charge in [-0.3, -0.25) is 14.7 Å². The molecule has 5 rings (SSSR count). The Bertz CT molecular complexity index is 995. The fourth-order valence-corrected chi connectivity index (χ4v) is 5.88. The number of aromatic nitrogens is 3. The molecule has 2 aliphatic heterocycles. The minimum atomic E-state index is -0.0517. The van der Waals surface area contributed by atoms with Crippen LogP contribution in [0.1, 0.15) is 88.6 Å². The van der Waals surface area contributed by atoms with Crippen molar-refractivity contribution in [2.45, 2.75) is 83.2 Å². The number of H-pyrrole nitrogens is 1. The highest BCUT2D eigenvalue weighted by molar-refractivity contribution is 5.79. The van der Waals surface area contributed by atoms with Crippen molar-refractivity contribution in [1.29, 1.82) is 0 Å². The van der Waals surface area contributed by atoms with Crippen LogP contribution in [0.2, 0.25) is 0 Å². The monoisotopic (exact) mass is 425 g/mol. The zero-order valence-corrected chi connectivity index (χ0v) is 18.8. The summed E-state index contributed by atoms with van der Waals surface area (Å²) in [5.74, 6) is 0.837. The number of aromatic amines is 1. The summed E-state index contributed by atoms with van der Waals surface area (Å²) >= 11 is 0. The first kappa shape index (κ1) is 20.7. The number of piperidine rings is 1. The third-order valence-electron chi connectivity index (χ3n) is 7.77. The molecule has 2 aromatic heterocycles. The van der Waals surface area contributed by atoms with Gasteiger partial charge in [-0.1, -0.05) is 12.8 Å². The molecule has 0 unspecified atom stereocenters. The number of fused-ring (bicyclic) bond motifs is 1. The lowest BCUT2D eigenvalue weighted by molar-refractivity contribution is -0.136. The number of rotatable bonds is 4. The summed E-state index contributed by atoms with van der Waals surface area (Å²) in [6, 6.07) is 4.31. The average Bonchev–Trinajstić information content (AvgIpc) is 3.53. The van der Waals surface area contributed by atoms with Gasteiger partial charge in [0.15, 0.2) is 5.65 Å². The van der Waals surface area contributed by atoms with E-state index in [4.69, 9.17) is 4.98 Å². The zero-order valence-electron chi connectivity index (χ0n) is 18.8. The molecule has 1 saturated carbocycles. The first-order valence-corrected chi connectivity index (χ1v) is 12.2. The van der Waals surface area contributed by atoms with Crippen LogP contribution in [0.25, 0.3) is 5.65 Å². The highest BCUT2D eigenvalue weighted by Gasteiger charge is 2.36. The van der Waals surface area contributed by atoms with Crippen LogP contribution >= 0.6 is 0 Å². The second-order valence-electron chi connectivity index (χ2n) is 10.00. The Labute approximate surface area is 183 Å². The largest absolute Gasteiger partial charge is 0.334 e. The number of likely N-dealkylation sites (tertiary alicyclic amines) is 2. The maximum Gasteiger partial charge on any atom is 0.272 e. The third-order valence-corrected chi connectivity index (χ3v) is 7.77. The first-order valence-electron chi connectivity index (χ1n) is 12.2. The predicted molar refractivity (Wildman–Crippen MR) is 120 cm³/mol. The highest BCUT2D eigenvalue weighted by atomic mass is 16.2. The third kappa shape index (κ3) is 3.93. The maximum absolute atomic E-state index is 13.1. The Kier molecular flexibility index (Phi) is 5.63. The van der Waals surface area contributed by atoms with E-state index in [2.05, 4.69) is 23.8 Å². The van der Waals surface area contributed by atoms with Gasteiger partial charge in [0.1, 0.15) is 0 Å². The van der Waals surface area contributed by atoms with E-state index in [1.165, 1.54) is 12.8 Å². The molecule has 2 saturated heterocycles. The van der Waals surface area contributed by atoms with Gasteiger partial charge in [0.05, 0.1) is 17.4 Å². The number of amides is 1.